The predicted molar refractivity (Wildman–Crippen MR) is 71.6 cm³/mol. The molecule has 0 aliphatic heterocycles. The van der Waals surface area contributed by atoms with Crippen LogP contribution in [0.4, 0.5) is 8.78 Å². The van der Waals surface area contributed by atoms with Crippen LogP contribution in [0.3, 0.4) is 0 Å². The Morgan fingerprint density at radius 1 is 1.53 bits per heavy atom. The molecule has 0 saturated heterocycles. The summed E-state index contributed by atoms with van der Waals surface area (Å²) in [4.78, 5) is 3.83. The molecule has 0 amide bonds. The van der Waals surface area contributed by atoms with Crippen LogP contribution in [0.1, 0.15) is 12.6 Å². The highest BCUT2D eigenvalue weighted by Gasteiger charge is 2.12. The molecule has 19 heavy (non-hydrogen) atoms. The lowest BCUT2D eigenvalue weighted by molar-refractivity contribution is 0.636. The second-order valence-corrected chi connectivity index (χ2v) is 3.81. The third-order valence-corrected chi connectivity index (χ3v) is 2.58. The Balaban J connectivity index is 2.46. The Morgan fingerprint density at radius 2 is 2.26 bits per heavy atom. The maximum absolute atomic E-state index is 13.5. The van der Waals surface area contributed by atoms with Crippen LogP contribution in [0.2, 0.25) is 0 Å². The number of aromatic nitrogens is 2. The summed E-state index contributed by atoms with van der Waals surface area (Å²) in [6.07, 6.45) is 1.19. The number of H-pyrrole nitrogens is 1. The van der Waals surface area contributed by atoms with Crippen LogP contribution in [0, 0.1) is 5.82 Å². The molecule has 3 N–H and O–H groups in total. The lowest BCUT2D eigenvalue weighted by atomic mass is 10.2. The van der Waals surface area contributed by atoms with Gasteiger partial charge in [0.25, 0.3) is 0 Å². The fraction of sp³-hybridized carbons (Fsp3) is 0.0769. The fourth-order valence-electron chi connectivity index (χ4n) is 1.63. The van der Waals surface area contributed by atoms with E-state index in [0.717, 1.165) is 0 Å². The molecule has 0 fully saturated rings. The molecule has 6 heteroatoms. The van der Waals surface area contributed by atoms with E-state index in [2.05, 4.69) is 21.8 Å². The van der Waals surface area contributed by atoms with Crippen LogP contribution in [0.25, 0.3) is 16.6 Å². The lowest BCUT2D eigenvalue weighted by Gasteiger charge is -2.00. The molecule has 0 bridgehead atoms. The standard InChI is InChI=1S/C13H12F2N4/c1-3-9(14)13(16)17-7(2)11-8-5-4-6-10(15)12(8)19-18-11/h3-6H,2H2,1H3,(H2,16,17)(H,18,19)/b9-3+. The number of nitrogens with two attached hydrogens (primary N) is 1. The maximum atomic E-state index is 13.5. The van der Waals surface area contributed by atoms with E-state index in [1.54, 1.807) is 12.1 Å². The molecule has 0 saturated carbocycles. The molecule has 2 rings (SSSR count). The third-order valence-electron chi connectivity index (χ3n) is 2.58. The largest absolute Gasteiger partial charge is 0.381 e. The summed E-state index contributed by atoms with van der Waals surface area (Å²) in [7, 11) is 0. The Hall–Kier alpha value is -2.50. The average molecular weight is 262 g/mol. The first-order chi connectivity index (χ1) is 9.04. The van der Waals surface area contributed by atoms with Crippen LogP contribution in [-0.4, -0.2) is 16.0 Å². The van der Waals surface area contributed by atoms with Gasteiger partial charge in [0.2, 0.25) is 0 Å². The van der Waals surface area contributed by atoms with Crippen molar-refractivity contribution in [2.45, 2.75) is 6.92 Å². The molecule has 0 atom stereocenters. The first-order valence-corrected chi connectivity index (χ1v) is 5.52. The smallest absolute Gasteiger partial charge is 0.160 e. The summed E-state index contributed by atoms with van der Waals surface area (Å²) >= 11 is 0. The van der Waals surface area contributed by atoms with Gasteiger partial charge in [0, 0.05) is 5.39 Å². The Bertz CT molecular complexity index is 698. The van der Waals surface area contributed by atoms with Gasteiger partial charge in [0.05, 0.1) is 11.4 Å². The Kier molecular flexibility index (Phi) is 3.41. The number of benzene rings is 1. The zero-order valence-electron chi connectivity index (χ0n) is 10.2. The number of aliphatic imine (C=N–C) groups is 1. The van der Waals surface area contributed by atoms with Gasteiger partial charge in [-0.1, -0.05) is 18.7 Å². The second kappa shape index (κ2) is 5.01. The minimum Gasteiger partial charge on any atom is -0.381 e. The van der Waals surface area contributed by atoms with Crippen LogP contribution in [0.5, 0.6) is 0 Å². The van der Waals surface area contributed by atoms with Gasteiger partial charge in [0.1, 0.15) is 5.52 Å². The minimum absolute atomic E-state index is 0.180. The normalized spacial score (nSPS) is 13.0. The molecule has 0 aliphatic rings. The number of nitrogens with zero attached hydrogens (tertiary/aromatic N) is 2. The number of halogens is 2. The molecular weight excluding hydrogens is 250 g/mol. The van der Waals surface area contributed by atoms with Crippen molar-refractivity contribution in [1.29, 1.82) is 0 Å². The highest BCUT2D eigenvalue weighted by Crippen LogP contribution is 2.24. The summed E-state index contributed by atoms with van der Waals surface area (Å²) in [6.45, 7) is 5.18. The Morgan fingerprint density at radius 3 is 2.95 bits per heavy atom. The number of nitrogens with one attached hydrogen (secondary N) is 1. The molecule has 1 heterocycles. The molecule has 1 aromatic carbocycles. The number of aromatic amines is 1. The fourth-order valence-corrected chi connectivity index (χ4v) is 1.63. The second-order valence-electron chi connectivity index (χ2n) is 3.81. The summed E-state index contributed by atoms with van der Waals surface area (Å²) in [5.41, 5.74) is 6.21. The van der Waals surface area contributed by atoms with E-state index in [4.69, 9.17) is 5.73 Å². The van der Waals surface area contributed by atoms with E-state index in [1.807, 2.05) is 0 Å². The summed E-state index contributed by atoms with van der Waals surface area (Å²) in [5.74, 6) is -1.38. The Labute approximate surface area is 108 Å². The van der Waals surface area contributed by atoms with E-state index in [1.165, 1.54) is 19.1 Å². The van der Waals surface area contributed by atoms with Crippen molar-refractivity contribution in [2.75, 3.05) is 0 Å². The zero-order valence-corrected chi connectivity index (χ0v) is 10.2. The highest BCUT2D eigenvalue weighted by atomic mass is 19.1. The number of rotatable bonds is 3. The molecule has 98 valence electrons. The molecule has 1 aromatic heterocycles. The van der Waals surface area contributed by atoms with Crippen molar-refractivity contribution in [3.05, 3.63) is 48.2 Å². The minimum atomic E-state index is -0.642. The van der Waals surface area contributed by atoms with Gasteiger partial charge in [-0.3, -0.25) is 5.10 Å². The molecule has 4 nitrogen and oxygen atoms in total. The average Bonchev–Trinajstić information content (AvgIpc) is 2.83. The molecular formula is C13H12F2N4. The quantitative estimate of drug-likeness (QED) is 0.659. The summed E-state index contributed by atoms with van der Waals surface area (Å²) in [6, 6.07) is 4.51. The first-order valence-electron chi connectivity index (χ1n) is 5.52. The molecule has 0 aliphatic carbocycles. The lowest BCUT2D eigenvalue weighted by Crippen LogP contribution is -2.12. The van der Waals surface area contributed by atoms with E-state index >= 15 is 0 Å². The maximum Gasteiger partial charge on any atom is 0.160 e. The predicted octanol–water partition coefficient (Wildman–Crippen LogP) is 2.90. The van der Waals surface area contributed by atoms with Crippen molar-refractivity contribution in [2.24, 2.45) is 10.7 Å². The molecule has 0 unspecified atom stereocenters. The van der Waals surface area contributed by atoms with Crippen molar-refractivity contribution in [3.63, 3.8) is 0 Å². The number of allylic oxidation sites excluding steroid dienone is 1. The van der Waals surface area contributed by atoms with Crippen molar-refractivity contribution >= 4 is 22.4 Å². The molecule has 0 radical (unpaired) electrons. The van der Waals surface area contributed by atoms with Crippen molar-refractivity contribution < 1.29 is 8.78 Å². The van der Waals surface area contributed by atoms with Crippen LogP contribution < -0.4 is 5.73 Å². The van der Waals surface area contributed by atoms with Gasteiger partial charge in [-0.05, 0) is 19.1 Å². The van der Waals surface area contributed by atoms with Gasteiger partial charge in [-0.15, -0.1) is 0 Å². The summed E-state index contributed by atoms with van der Waals surface area (Å²) in [5, 5.41) is 6.97. The van der Waals surface area contributed by atoms with E-state index in [-0.39, 0.29) is 17.0 Å². The monoisotopic (exact) mass is 262 g/mol. The first kappa shape index (κ1) is 12.9. The van der Waals surface area contributed by atoms with E-state index in [9.17, 15) is 8.78 Å². The zero-order chi connectivity index (χ0) is 14.0. The van der Waals surface area contributed by atoms with Crippen LogP contribution in [0.15, 0.2) is 41.7 Å². The van der Waals surface area contributed by atoms with E-state index < -0.39 is 11.6 Å². The summed E-state index contributed by atoms with van der Waals surface area (Å²) < 4.78 is 26.7. The van der Waals surface area contributed by atoms with Crippen LogP contribution >= 0.6 is 0 Å². The molecule has 0 spiro atoms. The number of fused-ring (bicyclic) bond motifs is 1. The van der Waals surface area contributed by atoms with Crippen molar-refractivity contribution in [1.82, 2.24) is 10.2 Å². The van der Waals surface area contributed by atoms with E-state index in [0.29, 0.717) is 11.1 Å². The van der Waals surface area contributed by atoms with Crippen LogP contribution in [-0.2, 0) is 0 Å². The van der Waals surface area contributed by atoms with Gasteiger partial charge in [0.15, 0.2) is 17.5 Å². The number of amidine groups is 1. The third kappa shape index (κ3) is 2.37. The van der Waals surface area contributed by atoms with Gasteiger partial charge < -0.3 is 5.73 Å². The number of para-hydroxylation sites is 1. The topological polar surface area (TPSA) is 67.1 Å². The van der Waals surface area contributed by atoms with Crippen molar-refractivity contribution in [3.8, 4) is 0 Å². The number of hydrogen-bond donors (Lipinski definition) is 2. The van der Waals surface area contributed by atoms with Gasteiger partial charge in [-0.25, -0.2) is 13.8 Å². The highest BCUT2D eigenvalue weighted by molar-refractivity contribution is 6.00. The molecule has 2 aromatic rings. The number of hydrogen-bond acceptors (Lipinski definition) is 2. The van der Waals surface area contributed by atoms with Gasteiger partial charge >= 0.3 is 0 Å². The van der Waals surface area contributed by atoms with Gasteiger partial charge in [-0.2, -0.15) is 5.10 Å². The SMILES string of the molecule is C=C(N=C(N)/C(F)=C\C)c1[nH]nc2c(F)cccc12.